The molecular formula is C11H24N4O. The van der Waals surface area contributed by atoms with Crippen LogP contribution in [0.2, 0.25) is 0 Å². The van der Waals surface area contributed by atoms with Gasteiger partial charge in [0.05, 0.1) is 0 Å². The quantitative estimate of drug-likeness (QED) is 0.397. The van der Waals surface area contributed by atoms with Crippen molar-refractivity contribution < 1.29 is 4.79 Å². The van der Waals surface area contributed by atoms with Gasteiger partial charge in [-0.3, -0.25) is 15.1 Å². The number of hydrogen-bond donors (Lipinski definition) is 2. The molecule has 1 rings (SSSR count). The van der Waals surface area contributed by atoms with Gasteiger partial charge in [-0.05, 0) is 40.4 Å². The second-order valence-electron chi connectivity index (χ2n) is 4.84. The van der Waals surface area contributed by atoms with Gasteiger partial charge >= 0.3 is 0 Å². The molecule has 0 bridgehead atoms. The molecule has 0 radical (unpaired) electrons. The number of piperidine rings is 1. The highest BCUT2D eigenvalue weighted by atomic mass is 16.2. The van der Waals surface area contributed by atoms with Gasteiger partial charge in [0, 0.05) is 25.0 Å². The van der Waals surface area contributed by atoms with E-state index >= 15 is 0 Å². The third-order valence-electron chi connectivity index (χ3n) is 3.51. The van der Waals surface area contributed by atoms with Crippen molar-refractivity contribution >= 4 is 5.91 Å². The summed E-state index contributed by atoms with van der Waals surface area (Å²) >= 11 is 0. The first-order valence-electron chi connectivity index (χ1n) is 5.94. The van der Waals surface area contributed by atoms with Crippen molar-refractivity contribution in [3.63, 3.8) is 0 Å². The smallest absolute Gasteiger partial charge is 0.235 e. The van der Waals surface area contributed by atoms with Crippen molar-refractivity contribution in [2.45, 2.75) is 38.3 Å². The summed E-state index contributed by atoms with van der Waals surface area (Å²) in [4.78, 5) is 15.8. The number of likely N-dealkylation sites (tertiary alicyclic amines) is 1. The zero-order valence-electron chi connectivity index (χ0n) is 10.6. The van der Waals surface area contributed by atoms with Crippen molar-refractivity contribution in [2.75, 3.05) is 27.2 Å². The molecule has 3 N–H and O–H groups in total. The van der Waals surface area contributed by atoms with Crippen LogP contribution in [0.3, 0.4) is 0 Å². The van der Waals surface area contributed by atoms with E-state index in [0.29, 0.717) is 12.5 Å². The molecule has 5 heteroatoms. The minimum atomic E-state index is -0.0940. The zero-order chi connectivity index (χ0) is 12.1. The summed E-state index contributed by atoms with van der Waals surface area (Å²) in [6.07, 6.45) is 2.92. The molecule has 2 unspecified atom stereocenters. The number of carbonyl (C=O) groups is 1. The topological polar surface area (TPSA) is 61.6 Å². The lowest BCUT2D eigenvalue weighted by molar-refractivity contribution is -0.122. The van der Waals surface area contributed by atoms with Crippen molar-refractivity contribution in [3.05, 3.63) is 0 Å². The molecule has 0 aliphatic carbocycles. The highest BCUT2D eigenvalue weighted by Gasteiger charge is 2.25. The van der Waals surface area contributed by atoms with Gasteiger partial charge in [0.25, 0.3) is 0 Å². The lowest BCUT2D eigenvalue weighted by Crippen LogP contribution is -2.49. The standard InChI is InChI=1S/C11H24N4O/c1-9(7-11(16)13-12)15(3)10-5-4-6-14(2)8-10/h9-10H,4-8,12H2,1-3H3,(H,13,16). The van der Waals surface area contributed by atoms with E-state index < -0.39 is 0 Å². The summed E-state index contributed by atoms with van der Waals surface area (Å²) < 4.78 is 0. The second-order valence-corrected chi connectivity index (χ2v) is 4.84. The third-order valence-corrected chi connectivity index (χ3v) is 3.51. The van der Waals surface area contributed by atoms with E-state index in [1.807, 2.05) is 0 Å². The van der Waals surface area contributed by atoms with Crippen LogP contribution in [-0.4, -0.2) is 55.0 Å². The summed E-state index contributed by atoms with van der Waals surface area (Å²) in [6, 6.07) is 0.791. The molecule has 1 fully saturated rings. The van der Waals surface area contributed by atoms with Crippen LogP contribution in [0.25, 0.3) is 0 Å². The maximum atomic E-state index is 11.2. The van der Waals surface area contributed by atoms with Gasteiger partial charge in [-0.2, -0.15) is 0 Å². The Hall–Kier alpha value is -0.650. The predicted octanol–water partition coefficient (Wildman–Crippen LogP) is -0.219. The molecule has 5 nitrogen and oxygen atoms in total. The Morgan fingerprint density at radius 3 is 2.94 bits per heavy atom. The Morgan fingerprint density at radius 2 is 2.38 bits per heavy atom. The van der Waals surface area contributed by atoms with Gasteiger partial charge in [0.2, 0.25) is 5.91 Å². The van der Waals surface area contributed by atoms with Crippen molar-refractivity contribution in [1.29, 1.82) is 0 Å². The number of nitrogens with zero attached hydrogens (tertiary/aromatic N) is 2. The minimum Gasteiger partial charge on any atom is -0.305 e. The Balaban J connectivity index is 2.42. The number of nitrogens with two attached hydrogens (primary N) is 1. The average Bonchev–Trinajstić information content (AvgIpc) is 2.27. The maximum absolute atomic E-state index is 11.2. The van der Waals surface area contributed by atoms with E-state index in [0.717, 1.165) is 6.54 Å². The average molecular weight is 228 g/mol. The lowest BCUT2D eigenvalue weighted by Gasteiger charge is -2.38. The molecular weight excluding hydrogens is 204 g/mol. The largest absolute Gasteiger partial charge is 0.305 e. The number of rotatable bonds is 4. The fourth-order valence-corrected chi connectivity index (χ4v) is 2.30. The monoisotopic (exact) mass is 228 g/mol. The van der Waals surface area contributed by atoms with E-state index in [1.54, 1.807) is 0 Å². The third kappa shape index (κ3) is 3.73. The summed E-state index contributed by atoms with van der Waals surface area (Å²) in [5, 5.41) is 0. The van der Waals surface area contributed by atoms with Crippen LogP contribution in [0.1, 0.15) is 26.2 Å². The van der Waals surface area contributed by atoms with Crippen molar-refractivity contribution in [3.8, 4) is 0 Å². The predicted molar refractivity (Wildman–Crippen MR) is 64.7 cm³/mol. The summed E-state index contributed by atoms with van der Waals surface area (Å²) in [5.74, 6) is 5.00. The Labute approximate surface area is 97.9 Å². The fraction of sp³-hybridized carbons (Fsp3) is 0.909. The Morgan fingerprint density at radius 1 is 1.69 bits per heavy atom. The molecule has 0 aromatic rings. The van der Waals surface area contributed by atoms with Gasteiger partial charge in [-0.15, -0.1) is 0 Å². The Bertz CT molecular complexity index is 234. The van der Waals surface area contributed by atoms with Crippen LogP contribution < -0.4 is 11.3 Å². The first-order chi connectivity index (χ1) is 7.54. The molecule has 0 aromatic carbocycles. The molecule has 0 spiro atoms. The molecule has 16 heavy (non-hydrogen) atoms. The number of nitrogens with one attached hydrogen (secondary N) is 1. The summed E-state index contributed by atoms with van der Waals surface area (Å²) in [7, 11) is 4.25. The normalized spacial score (nSPS) is 24.4. The maximum Gasteiger partial charge on any atom is 0.235 e. The Kier molecular flexibility index (Phi) is 5.18. The zero-order valence-corrected chi connectivity index (χ0v) is 10.6. The number of likely N-dealkylation sites (N-methyl/N-ethyl adjacent to an activating group) is 2. The number of hydrogen-bond acceptors (Lipinski definition) is 4. The molecule has 1 aliphatic heterocycles. The van der Waals surface area contributed by atoms with Crippen LogP contribution in [0.4, 0.5) is 0 Å². The molecule has 94 valence electrons. The lowest BCUT2D eigenvalue weighted by atomic mass is 10.0. The first kappa shape index (κ1) is 13.4. The molecule has 1 saturated heterocycles. The minimum absolute atomic E-state index is 0.0940. The van der Waals surface area contributed by atoms with Crippen LogP contribution in [0.5, 0.6) is 0 Å². The van der Waals surface area contributed by atoms with Gasteiger partial charge < -0.3 is 4.90 Å². The van der Waals surface area contributed by atoms with Gasteiger partial charge in [-0.1, -0.05) is 0 Å². The van der Waals surface area contributed by atoms with Crippen molar-refractivity contribution in [1.82, 2.24) is 15.2 Å². The molecule has 1 amide bonds. The van der Waals surface area contributed by atoms with E-state index in [-0.39, 0.29) is 11.9 Å². The number of carbonyl (C=O) groups excluding carboxylic acids is 1. The van der Waals surface area contributed by atoms with Crippen molar-refractivity contribution in [2.24, 2.45) is 5.84 Å². The molecule has 1 aliphatic rings. The van der Waals surface area contributed by atoms with Gasteiger partial charge in [0.15, 0.2) is 0 Å². The van der Waals surface area contributed by atoms with E-state index in [9.17, 15) is 4.79 Å². The van der Waals surface area contributed by atoms with Gasteiger partial charge in [-0.25, -0.2) is 5.84 Å². The van der Waals surface area contributed by atoms with Crippen LogP contribution >= 0.6 is 0 Å². The number of hydrazine groups is 1. The molecule has 0 aromatic heterocycles. The second kappa shape index (κ2) is 6.18. The fourth-order valence-electron chi connectivity index (χ4n) is 2.30. The van der Waals surface area contributed by atoms with E-state index in [1.165, 1.54) is 19.4 Å². The van der Waals surface area contributed by atoms with Crippen LogP contribution in [0.15, 0.2) is 0 Å². The molecule has 1 heterocycles. The highest BCUT2D eigenvalue weighted by Crippen LogP contribution is 2.16. The molecule has 2 atom stereocenters. The van der Waals surface area contributed by atoms with E-state index in [4.69, 9.17) is 5.84 Å². The van der Waals surface area contributed by atoms with Crippen LogP contribution in [0, 0.1) is 0 Å². The van der Waals surface area contributed by atoms with Gasteiger partial charge in [0.1, 0.15) is 0 Å². The first-order valence-corrected chi connectivity index (χ1v) is 5.94. The summed E-state index contributed by atoms with van der Waals surface area (Å²) in [6.45, 7) is 4.34. The highest BCUT2D eigenvalue weighted by molar-refractivity contribution is 5.75. The number of amides is 1. The van der Waals surface area contributed by atoms with E-state index in [2.05, 4.69) is 36.2 Å². The molecule has 0 saturated carbocycles. The summed E-state index contributed by atoms with van der Waals surface area (Å²) in [5.41, 5.74) is 2.19. The SMILES string of the molecule is CC(CC(=O)NN)N(C)C1CCCN(C)C1. The van der Waals surface area contributed by atoms with Crippen LogP contribution in [-0.2, 0) is 4.79 Å².